The van der Waals surface area contributed by atoms with Crippen LogP contribution in [0, 0.1) is 0 Å². The second kappa shape index (κ2) is 3.08. The van der Waals surface area contributed by atoms with Gasteiger partial charge in [-0.3, -0.25) is 0 Å². The summed E-state index contributed by atoms with van der Waals surface area (Å²) < 4.78 is 5.45. The van der Waals surface area contributed by atoms with Crippen LogP contribution in [0.15, 0.2) is 5.38 Å². The molecule has 3 heterocycles. The van der Waals surface area contributed by atoms with Gasteiger partial charge < -0.3 is 10.1 Å². The molecule has 2 aliphatic rings. The Morgan fingerprint density at radius 2 is 2.46 bits per heavy atom. The minimum atomic E-state index is 0.752. The van der Waals surface area contributed by atoms with Gasteiger partial charge in [-0.2, -0.15) is 0 Å². The predicted octanol–water partition coefficient (Wildman–Crippen LogP) is 1.86. The number of rotatable bonds is 1. The number of hydrogen-bond acceptors (Lipinski definition) is 3. The molecule has 1 atom stereocenters. The average molecular weight is 195 g/mol. The zero-order chi connectivity index (χ0) is 8.67. The molecule has 1 saturated heterocycles. The van der Waals surface area contributed by atoms with E-state index in [0.717, 1.165) is 25.7 Å². The third kappa shape index (κ3) is 1.23. The standard InChI is InChI=1S/C10H13NOS/c1-2-11-3-7(1)9-6-13-10-5-12-4-8(9)10/h6-7,11H,1-5H2. The van der Waals surface area contributed by atoms with Crippen LogP contribution in [0.3, 0.4) is 0 Å². The number of nitrogens with one attached hydrogen (secondary N) is 1. The van der Waals surface area contributed by atoms with Crippen LogP contribution in [-0.4, -0.2) is 13.1 Å². The highest BCUT2D eigenvalue weighted by atomic mass is 32.1. The first-order chi connectivity index (χ1) is 6.45. The summed E-state index contributed by atoms with van der Waals surface area (Å²) in [7, 11) is 0. The topological polar surface area (TPSA) is 21.3 Å². The van der Waals surface area contributed by atoms with Gasteiger partial charge in [0.25, 0.3) is 0 Å². The molecule has 13 heavy (non-hydrogen) atoms. The molecule has 2 nitrogen and oxygen atoms in total. The third-order valence-electron chi connectivity index (χ3n) is 2.99. The van der Waals surface area contributed by atoms with Crippen LogP contribution in [0.4, 0.5) is 0 Å². The van der Waals surface area contributed by atoms with E-state index in [9.17, 15) is 0 Å². The van der Waals surface area contributed by atoms with E-state index < -0.39 is 0 Å². The fraction of sp³-hybridized carbons (Fsp3) is 0.600. The van der Waals surface area contributed by atoms with E-state index in [-0.39, 0.29) is 0 Å². The molecule has 0 bridgehead atoms. The minimum Gasteiger partial charge on any atom is -0.371 e. The first kappa shape index (κ1) is 7.97. The van der Waals surface area contributed by atoms with Crippen LogP contribution in [0.2, 0.25) is 0 Å². The Balaban J connectivity index is 1.95. The summed E-state index contributed by atoms with van der Waals surface area (Å²) in [6, 6.07) is 0. The van der Waals surface area contributed by atoms with Crippen molar-refractivity contribution in [3.8, 4) is 0 Å². The maximum atomic E-state index is 5.45. The summed E-state index contributed by atoms with van der Waals surface area (Å²) in [5.41, 5.74) is 3.06. The van der Waals surface area contributed by atoms with E-state index in [1.54, 1.807) is 5.56 Å². The molecule has 0 spiro atoms. The Bertz CT molecular complexity index is 315. The smallest absolute Gasteiger partial charge is 0.0817 e. The van der Waals surface area contributed by atoms with Gasteiger partial charge in [-0.05, 0) is 35.4 Å². The first-order valence-corrected chi connectivity index (χ1v) is 5.70. The van der Waals surface area contributed by atoms with Crippen LogP contribution in [0.25, 0.3) is 0 Å². The highest BCUT2D eigenvalue weighted by molar-refractivity contribution is 7.10. The Labute approximate surface area is 81.9 Å². The first-order valence-electron chi connectivity index (χ1n) is 4.83. The Morgan fingerprint density at radius 1 is 1.46 bits per heavy atom. The van der Waals surface area contributed by atoms with Crippen LogP contribution >= 0.6 is 11.3 Å². The van der Waals surface area contributed by atoms with Gasteiger partial charge in [-0.25, -0.2) is 0 Å². The number of hydrogen-bond donors (Lipinski definition) is 1. The molecule has 1 unspecified atom stereocenters. The van der Waals surface area contributed by atoms with E-state index in [2.05, 4.69) is 10.7 Å². The molecule has 1 fully saturated rings. The highest BCUT2D eigenvalue weighted by Crippen LogP contribution is 2.36. The van der Waals surface area contributed by atoms with E-state index in [1.807, 2.05) is 11.3 Å². The van der Waals surface area contributed by atoms with Gasteiger partial charge in [0, 0.05) is 11.4 Å². The molecule has 0 radical (unpaired) electrons. The highest BCUT2D eigenvalue weighted by Gasteiger charge is 2.25. The minimum absolute atomic E-state index is 0.752. The van der Waals surface area contributed by atoms with Crippen molar-refractivity contribution in [2.24, 2.45) is 0 Å². The van der Waals surface area contributed by atoms with E-state index in [4.69, 9.17) is 4.74 Å². The zero-order valence-electron chi connectivity index (χ0n) is 7.51. The Kier molecular flexibility index (Phi) is 1.89. The lowest BCUT2D eigenvalue weighted by atomic mass is 9.97. The van der Waals surface area contributed by atoms with Gasteiger partial charge >= 0.3 is 0 Å². The molecular weight excluding hydrogens is 182 g/mol. The third-order valence-corrected chi connectivity index (χ3v) is 4.01. The van der Waals surface area contributed by atoms with Gasteiger partial charge in [0.2, 0.25) is 0 Å². The SMILES string of the molecule is c1sc2c(c1C1CCNC1)COC2. The molecular formula is C10H13NOS. The second-order valence-corrected chi connectivity index (χ2v) is 4.74. The van der Waals surface area contributed by atoms with Crippen molar-refractivity contribution in [2.45, 2.75) is 25.6 Å². The molecule has 70 valence electrons. The van der Waals surface area contributed by atoms with Gasteiger partial charge in [0.1, 0.15) is 0 Å². The molecule has 1 N–H and O–H groups in total. The van der Waals surface area contributed by atoms with Crippen molar-refractivity contribution in [3.63, 3.8) is 0 Å². The Hall–Kier alpha value is -0.380. The Morgan fingerprint density at radius 3 is 3.31 bits per heavy atom. The van der Waals surface area contributed by atoms with Crippen LogP contribution in [-0.2, 0) is 18.0 Å². The fourth-order valence-corrected chi connectivity index (χ4v) is 3.31. The quantitative estimate of drug-likeness (QED) is 0.738. The van der Waals surface area contributed by atoms with Crippen molar-refractivity contribution in [1.29, 1.82) is 0 Å². The monoisotopic (exact) mass is 195 g/mol. The summed E-state index contributed by atoms with van der Waals surface area (Å²) in [6.07, 6.45) is 1.29. The molecule has 2 aliphatic heterocycles. The summed E-state index contributed by atoms with van der Waals surface area (Å²) >= 11 is 1.87. The lowest BCUT2D eigenvalue weighted by Gasteiger charge is -2.07. The zero-order valence-corrected chi connectivity index (χ0v) is 8.32. The van der Waals surface area contributed by atoms with Gasteiger partial charge in [0.05, 0.1) is 13.2 Å². The average Bonchev–Trinajstić information content (AvgIpc) is 2.79. The van der Waals surface area contributed by atoms with Crippen molar-refractivity contribution in [1.82, 2.24) is 5.32 Å². The van der Waals surface area contributed by atoms with Gasteiger partial charge in [0.15, 0.2) is 0 Å². The lowest BCUT2D eigenvalue weighted by Crippen LogP contribution is -2.08. The maximum Gasteiger partial charge on any atom is 0.0817 e. The van der Waals surface area contributed by atoms with Crippen molar-refractivity contribution >= 4 is 11.3 Å². The maximum absolute atomic E-state index is 5.45. The van der Waals surface area contributed by atoms with Crippen LogP contribution in [0.1, 0.15) is 28.3 Å². The van der Waals surface area contributed by atoms with Crippen molar-refractivity contribution in [3.05, 3.63) is 21.4 Å². The lowest BCUT2D eigenvalue weighted by molar-refractivity contribution is 0.135. The van der Waals surface area contributed by atoms with Crippen molar-refractivity contribution in [2.75, 3.05) is 13.1 Å². The number of ether oxygens (including phenoxy) is 1. The van der Waals surface area contributed by atoms with E-state index in [1.165, 1.54) is 23.4 Å². The molecule has 0 aromatic carbocycles. The molecule has 1 aromatic rings. The molecule has 0 amide bonds. The van der Waals surface area contributed by atoms with Crippen LogP contribution < -0.4 is 5.32 Å². The summed E-state index contributed by atoms with van der Waals surface area (Å²) in [5, 5.41) is 5.75. The number of fused-ring (bicyclic) bond motifs is 1. The van der Waals surface area contributed by atoms with Gasteiger partial charge in [-0.1, -0.05) is 0 Å². The number of thiophene rings is 1. The summed E-state index contributed by atoms with van der Waals surface area (Å²) in [5.74, 6) is 0.752. The van der Waals surface area contributed by atoms with Crippen molar-refractivity contribution < 1.29 is 4.74 Å². The molecule has 1 aromatic heterocycles. The van der Waals surface area contributed by atoms with E-state index >= 15 is 0 Å². The fourth-order valence-electron chi connectivity index (χ4n) is 2.23. The summed E-state index contributed by atoms with van der Waals surface area (Å²) in [4.78, 5) is 1.46. The van der Waals surface area contributed by atoms with Gasteiger partial charge in [-0.15, -0.1) is 11.3 Å². The second-order valence-electron chi connectivity index (χ2n) is 3.78. The normalized spacial score (nSPS) is 26.6. The molecule has 0 aliphatic carbocycles. The largest absolute Gasteiger partial charge is 0.371 e. The van der Waals surface area contributed by atoms with Crippen LogP contribution in [0.5, 0.6) is 0 Å². The predicted molar refractivity (Wildman–Crippen MR) is 53.0 cm³/mol. The summed E-state index contributed by atoms with van der Waals surface area (Å²) in [6.45, 7) is 4.03. The molecule has 3 heteroatoms. The van der Waals surface area contributed by atoms with E-state index in [0.29, 0.717) is 0 Å². The molecule has 3 rings (SSSR count). The molecule has 0 saturated carbocycles.